The minimum Gasteiger partial charge on any atom is -0.341 e. The number of benzene rings is 1. The van der Waals surface area contributed by atoms with E-state index in [1.165, 1.54) is 4.80 Å². The maximum absolute atomic E-state index is 12.4. The van der Waals surface area contributed by atoms with Gasteiger partial charge < -0.3 is 10.6 Å². The first kappa shape index (κ1) is 15.6. The van der Waals surface area contributed by atoms with Crippen LogP contribution in [0.4, 0.5) is 0 Å². The van der Waals surface area contributed by atoms with Crippen LogP contribution < -0.4 is 5.73 Å². The zero-order valence-electron chi connectivity index (χ0n) is 13.3. The van der Waals surface area contributed by atoms with Crippen molar-refractivity contribution >= 4 is 5.91 Å². The summed E-state index contributed by atoms with van der Waals surface area (Å²) in [7, 11) is 0. The van der Waals surface area contributed by atoms with Crippen LogP contribution in [0, 0.1) is 5.92 Å². The Hall–Kier alpha value is -2.28. The van der Waals surface area contributed by atoms with Gasteiger partial charge >= 0.3 is 0 Å². The molecule has 1 aliphatic heterocycles. The predicted molar refractivity (Wildman–Crippen MR) is 86.2 cm³/mol. The molecule has 3 rings (SSSR count). The van der Waals surface area contributed by atoms with Gasteiger partial charge in [-0.15, -0.1) is 10.2 Å². The van der Waals surface area contributed by atoms with Crippen LogP contribution in [0.2, 0.25) is 0 Å². The second-order valence-corrected chi connectivity index (χ2v) is 6.11. The minimum atomic E-state index is 0.0207. The van der Waals surface area contributed by atoms with Gasteiger partial charge in [0.2, 0.25) is 11.7 Å². The number of hydrogen-bond donors (Lipinski definition) is 1. The summed E-state index contributed by atoms with van der Waals surface area (Å²) in [4.78, 5) is 15.7. The van der Waals surface area contributed by atoms with Crippen LogP contribution in [0.25, 0.3) is 11.4 Å². The molecule has 0 bridgehead atoms. The summed E-state index contributed by atoms with van der Waals surface area (Å²) >= 11 is 0. The van der Waals surface area contributed by atoms with Gasteiger partial charge in [0.05, 0.1) is 0 Å². The standard InChI is InChI=1S/C16H22N6O/c1-12(17)14-8-5-9-21(10-14)15(23)11-22-19-16(18-20-22)13-6-3-2-4-7-13/h2-4,6-7,12,14H,5,8-11,17H2,1H3. The number of carbonyl (C=O) groups is 1. The predicted octanol–water partition coefficient (Wildman–Crippen LogP) is 0.926. The van der Waals surface area contributed by atoms with Crippen molar-refractivity contribution in [2.24, 2.45) is 11.7 Å². The molecule has 7 heteroatoms. The summed E-state index contributed by atoms with van der Waals surface area (Å²) in [6.07, 6.45) is 2.08. The third kappa shape index (κ3) is 3.73. The summed E-state index contributed by atoms with van der Waals surface area (Å²) in [5, 5.41) is 12.3. The first-order valence-electron chi connectivity index (χ1n) is 8.00. The highest BCUT2D eigenvalue weighted by Crippen LogP contribution is 2.19. The molecule has 7 nitrogen and oxygen atoms in total. The fourth-order valence-electron chi connectivity index (χ4n) is 2.90. The highest BCUT2D eigenvalue weighted by molar-refractivity contribution is 5.76. The molecule has 122 valence electrons. The van der Waals surface area contributed by atoms with Crippen molar-refractivity contribution < 1.29 is 4.79 Å². The SMILES string of the molecule is CC(N)C1CCCN(C(=O)Cn2nnc(-c3ccccc3)n2)C1. The molecule has 1 aromatic carbocycles. The van der Waals surface area contributed by atoms with E-state index in [-0.39, 0.29) is 18.5 Å². The quantitative estimate of drug-likeness (QED) is 0.906. The van der Waals surface area contributed by atoms with Crippen molar-refractivity contribution in [1.29, 1.82) is 0 Å². The van der Waals surface area contributed by atoms with E-state index in [1.54, 1.807) is 0 Å². The van der Waals surface area contributed by atoms with Gasteiger partial charge in [0.15, 0.2) is 0 Å². The molecule has 0 aliphatic carbocycles. The smallest absolute Gasteiger partial charge is 0.246 e. The van der Waals surface area contributed by atoms with Crippen molar-refractivity contribution in [2.45, 2.75) is 32.4 Å². The summed E-state index contributed by atoms with van der Waals surface area (Å²) in [6, 6.07) is 9.72. The number of likely N-dealkylation sites (tertiary alicyclic amines) is 1. The Morgan fingerprint density at radius 3 is 2.91 bits per heavy atom. The first-order valence-corrected chi connectivity index (χ1v) is 8.00. The molecule has 1 aromatic heterocycles. The maximum Gasteiger partial charge on any atom is 0.246 e. The average Bonchev–Trinajstić information content (AvgIpc) is 3.04. The van der Waals surface area contributed by atoms with Crippen LogP contribution in [-0.2, 0) is 11.3 Å². The molecule has 23 heavy (non-hydrogen) atoms. The average molecular weight is 314 g/mol. The third-order valence-electron chi connectivity index (χ3n) is 4.32. The van der Waals surface area contributed by atoms with E-state index < -0.39 is 0 Å². The van der Waals surface area contributed by atoms with Gasteiger partial charge in [-0.25, -0.2) is 0 Å². The molecule has 0 radical (unpaired) electrons. The molecular formula is C16H22N6O. The zero-order valence-corrected chi connectivity index (χ0v) is 13.3. The van der Waals surface area contributed by atoms with Crippen LogP contribution in [0.15, 0.2) is 30.3 Å². The molecule has 1 saturated heterocycles. The lowest BCUT2D eigenvalue weighted by Gasteiger charge is -2.34. The van der Waals surface area contributed by atoms with Crippen LogP contribution >= 0.6 is 0 Å². The lowest BCUT2D eigenvalue weighted by Crippen LogP contribution is -2.46. The number of hydrogen-bond acceptors (Lipinski definition) is 5. The van der Waals surface area contributed by atoms with Gasteiger partial charge in [0.1, 0.15) is 6.54 Å². The molecule has 2 heterocycles. The van der Waals surface area contributed by atoms with E-state index in [4.69, 9.17) is 5.73 Å². The minimum absolute atomic E-state index is 0.0207. The topological polar surface area (TPSA) is 89.9 Å². The lowest BCUT2D eigenvalue weighted by molar-refractivity contribution is -0.134. The van der Waals surface area contributed by atoms with E-state index in [1.807, 2.05) is 42.2 Å². The molecule has 2 atom stereocenters. The highest BCUT2D eigenvalue weighted by Gasteiger charge is 2.26. The Labute approximate surface area is 135 Å². The molecule has 0 spiro atoms. The van der Waals surface area contributed by atoms with E-state index >= 15 is 0 Å². The van der Waals surface area contributed by atoms with E-state index in [0.717, 1.165) is 31.5 Å². The Morgan fingerprint density at radius 2 is 2.17 bits per heavy atom. The van der Waals surface area contributed by atoms with Gasteiger partial charge in [-0.2, -0.15) is 4.80 Å². The fourth-order valence-corrected chi connectivity index (χ4v) is 2.90. The third-order valence-corrected chi connectivity index (χ3v) is 4.32. The molecule has 1 amide bonds. The zero-order chi connectivity index (χ0) is 16.2. The number of nitrogens with zero attached hydrogens (tertiary/aromatic N) is 5. The van der Waals surface area contributed by atoms with Crippen LogP contribution in [0.5, 0.6) is 0 Å². The largest absolute Gasteiger partial charge is 0.341 e. The van der Waals surface area contributed by atoms with Gasteiger partial charge in [-0.1, -0.05) is 30.3 Å². The number of tetrazole rings is 1. The van der Waals surface area contributed by atoms with Crippen LogP contribution in [0.3, 0.4) is 0 Å². The molecule has 2 N–H and O–H groups in total. The van der Waals surface area contributed by atoms with E-state index in [0.29, 0.717) is 11.7 Å². The van der Waals surface area contributed by atoms with Gasteiger partial charge in [-0.3, -0.25) is 4.79 Å². The van der Waals surface area contributed by atoms with Crippen molar-refractivity contribution in [1.82, 2.24) is 25.1 Å². The fraction of sp³-hybridized carbons (Fsp3) is 0.500. The monoisotopic (exact) mass is 314 g/mol. The summed E-state index contributed by atoms with van der Waals surface area (Å²) < 4.78 is 0. The number of piperidine rings is 1. The second-order valence-electron chi connectivity index (χ2n) is 6.11. The number of carbonyl (C=O) groups excluding carboxylic acids is 1. The van der Waals surface area contributed by atoms with Crippen LogP contribution in [-0.4, -0.2) is 50.1 Å². The molecular weight excluding hydrogens is 292 g/mol. The summed E-state index contributed by atoms with van der Waals surface area (Å²) in [6.45, 7) is 3.62. The van der Waals surface area contributed by atoms with E-state index in [9.17, 15) is 4.79 Å². The Bertz CT molecular complexity index is 654. The van der Waals surface area contributed by atoms with Gasteiger partial charge in [0, 0.05) is 24.7 Å². The van der Waals surface area contributed by atoms with Gasteiger partial charge in [-0.05, 0) is 30.9 Å². The Morgan fingerprint density at radius 1 is 1.39 bits per heavy atom. The molecule has 0 saturated carbocycles. The second kappa shape index (κ2) is 6.87. The number of amides is 1. The normalized spacial score (nSPS) is 19.6. The number of nitrogens with two attached hydrogens (primary N) is 1. The van der Waals surface area contributed by atoms with Crippen molar-refractivity contribution in [3.63, 3.8) is 0 Å². The molecule has 1 aliphatic rings. The van der Waals surface area contributed by atoms with Gasteiger partial charge in [0.25, 0.3) is 0 Å². The number of aromatic nitrogens is 4. The van der Waals surface area contributed by atoms with Crippen LogP contribution in [0.1, 0.15) is 19.8 Å². The van der Waals surface area contributed by atoms with E-state index in [2.05, 4.69) is 15.4 Å². The number of rotatable bonds is 4. The maximum atomic E-state index is 12.4. The first-order chi connectivity index (χ1) is 11.1. The molecule has 1 fully saturated rings. The Kier molecular flexibility index (Phi) is 4.66. The lowest BCUT2D eigenvalue weighted by atomic mass is 9.92. The highest BCUT2D eigenvalue weighted by atomic mass is 16.2. The van der Waals surface area contributed by atoms with Crippen molar-refractivity contribution in [3.05, 3.63) is 30.3 Å². The molecule has 2 unspecified atom stereocenters. The van der Waals surface area contributed by atoms with Crippen molar-refractivity contribution in [3.8, 4) is 11.4 Å². The summed E-state index contributed by atoms with van der Waals surface area (Å²) in [5.74, 6) is 0.925. The Balaban J connectivity index is 1.63. The van der Waals surface area contributed by atoms with Crippen molar-refractivity contribution in [2.75, 3.05) is 13.1 Å². The molecule has 2 aromatic rings. The summed E-state index contributed by atoms with van der Waals surface area (Å²) in [5.41, 5.74) is 6.86.